The van der Waals surface area contributed by atoms with Crippen molar-refractivity contribution in [1.29, 1.82) is 0 Å². The first-order valence-electron chi connectivity index (χ1n) is 10.8. The molecule has 3 aromatic carbocycles. The zero-order chi connectivity index (χ0) is 21.5. The van der Waals surface area contributed by atoms with Gasteiger partial charge >= 0.3 is 0 Å². The lowest BCUT2D eigenvalue weighted by atomic mass is 10.0. The lowest BCUT2D eigenvalue weighted by Gasteiger charge is -2.36. The Morgan fingerprint density at radius 2 is 1.48 bits per heavy atom. The molecule has 4 rings (SSSR count). The Morgan fingerprint density at radius 3 is 2.13 bits per heavy atom. The summed E-state index contributed by atoms with van der Waals surface area (Å²) in [5, 5.41) is 1.12. The van der Waals surface area contributed by atoms with E-state index in [1.54, 1.807) is 7.11 Å². The van der Waals surface area contributed by atoms with Gasteiger partial charge in [0.05, 0.1) is 12.4 Å². The van der Waals surface area contributed by atoms with E-state index in [0.717, 1.165) is 49.2 Å². The van der Waals surface area contributed by atoms with Gasteiger partial charge in [0.25, 0.3) is 0 Å². The van der Waals surface area contributed by atoms with Crippen LogP contribution in [0.5, 0.6) is 5.75 Å². The van der Waals surface area contributed by atoms with E-state index >= 15 is 0 Å². The first-order valence-corrected chi connectivity index (χ1v) is 12.2. The molecule has 1 atom stereocenters. The van der Waals surface area contributed by atoms with Crippen LogP contribution in [0.15, 0.2) is 78.9 Å². The van der Waals surface area contributed by atoms with E-state index < -0.39 is 0 Å². The van der Waals surface area contributed by atoms with E-state index in [-0.39, 0.29) is 0 Å². The minimum Gasteiger partial charge on any atom is -0.497 e. The molecule has 0 radical (unpaired) electrons. The van der Waals surface area contributed by atoms with Crippen molar-refractivity contribution in [3.8, 4) is 5.75 Å². The summed E-state index contributed by atoms with van der Waals surface area (Å²) in [6.07, 6.45) is 0. The zero-order valence-corrected chi connectivity index (χ0v) is 19.5. The van der Waals surface area contributed by atoms with Crippen molar-refractivity contribution in [2.45, 2.75) is 5.25 Å². The van der Waals surface area contributed by atoms with Crippen LogP contribution in [-0.2, 0) is 0 Å². The fraction of sp³-hybridized carbons (Fsp3) is 0.308. The van der Waals surface area contributed by atoms with E-state index in [0.29, 0.717) is 5.25 Å². The number of halogens is 1. The van der Waals surface area contributed by atoms with Gasteiger partial charge in [-0.05, 0) is 47.5 Å². The molecular formula is C26H29ClN2OS. The highest BCUT2D eigenvalue weighted by Gasteiger charge is 2.19. The normalized spacial score (nSPS) is 15.6. The van der Waals surface area contributed by atoms with Gasteiger partial charge in [0.15, 0.2) is 0 Å². The lowest BCUT2D eigenvalue weighted by molar-refractivity contribution is 0.273. The molecular weight excluding hydrogens is 424 g/mol. The third-order valence-electron chi connectivity index (χ3n) is 5.78. The third kappa shape index (κ3) is 5.97. The minimum absolute atomic E-state index is 0.332. The van der Waals surface area contributed by atoms with E-state index in [1.165, 1.54) is 16.8 Å². The smallest absolute Gasteiger partial charge is 0.119 e. The monoisotopic (exact) mass is 452 g/mol. The van der Waals surface area contributed by atoms with Crippen LogP contribution in [-0.4, -0.2) is 50.5 Å². The van der Waals surface area contributed by atoms with E-state index in [1.807, 2.05) is 36.0 Å². The molecule has 0 saturated carbocycles. The van der Waals surface area contributed by atoms with Gasteiger partial charge < -0.3 is 9.64 Å². The van der Waals surface area contributed by atoms with Crippen LogP contribution in [0.4, 0.5) is 5.69 Å². The van der Waals surface area contributed by atoms with Gasteiger partial charge in [0.2, 0.25) is 0 Å². The highest BCUT2D eigenvalue weighted by molar-refractivity contribution is 7.99. The van der Waals surface area contributed by atoms with Crippen LogP contribution in [0, 0.1) is 0 Å². The van der Waals surface area contributed by atoms with Gasteiger partial charge in [-0.2, -0.15) is 0 Å². The number of thioether (sulfide) groups is 1. The van der Waals surface area contributed by atoms with Crippen molar-refractivity contribution in [2.75, 3.05) is 50.5 Å². The number of methoxy groups -OCH3 is 1. The van der Waals surface area contributed by atoms with Gasteiger partial charge in [-0.15, -0.1) is 11.8 Å². The molecule has 1 heterocycles. The zero-order valence-electron chi connectivity index (χ0n) is 17.9. The number of nitrogens with zero attached hydrogens (tertiary/aromatic N) is 2. The number of anilines is 1. The Bertz CT molecular complexity index is 926. The van der Waals surface area contributed by atoms with Gasteiger partial charge in [-0.1, -0.05) is 54.1 Å². The number of piperazine rings is 1. The van der Waals surface area contributed by atoms with Crippen molar-refractivity contribution in [1.82, 2.24) is 4.90 Å². The van der Waals surface area contributed by atoms with Crippen LogP contribution in [0.1, 0.15) is 16.4 Å². The molecule has 0 N–H and O–H groups in total. The molecule has 1 unspecified atom stereocenters. The van der Waals surface area contributed by atoms with Crippen molar-refractivity contribution >= 4 is 29.1 Å². The quantitative estimate of drug-likeness (QED) is 0.416. The Labute approximate surface area is 195 Å². The van der Waals surface area contributed by atoms with Crippen molar-refractivity contribution in [3.05, 3.63) is 95.0 Å². The largest absolute Gasteiger partial charge is 0.497 e. The SMILES string of the molecule is COc1ccc(N2CCN(CCSC(c3ccccc3)c3ccc(Cl)cc3)CC2)cc1. The van der Waals surface area contributed by atoms with Crippen molar-refractivity contribution in [3.63, 3.8) is 0 Å². The summed E-state index contributed by atoms with van der Waals surface area (Å²) in [5.41, 5.74) is 3.94. The summed E-state index contributed by atoms with van der Waals surface area (Å²) >= 11 is 8.13. The molecule has 0 aromatic heterocycles. The number of hydrogen-bond acceptors (Lipinski definition) is 4. The fourth-order valence-electron chi connectivity index (χ4n) is 3.97. The van der Waals surface area contributed by atoms with Gasteiger partial charge in [0.1, 0.15) is 5.75 Å². The number of rotatable bonds is 8. The summed E-state index contributed by atoms with van der Waals surface area (Å²) in [6, 6.07) is 27.4. The number of benzene rings is 3. The molecule has 1 fully saturated rings. The average molecular weight is 453 g/mol. The fourth-order valence-corrected chi connectivity index (χ4v) is 5.40. The van der Waals surface area contributed by atoms with Crippen LogP contribution in [0.3, 0.4) is 0 Å². The molecule has 0 amide bonds. The first kappa shape index (κ1) is 22.1. The topological polar surface area (TPSA) is 15.7 Å². The second-order valence-corrected chi connectivity index (χ2v) is 9.39. The maximum Gasteiger partial charge on any atom is 0.119 e. The number of ether oxygens (including phenoxy) is 1. The Kier molecular flexibility index (Phi) is 7.79. The molecule has 3 aromatic rings. The molecule has 162 valence electrons. The molecule has 1 saturated heterocycles. The summed E-state index contributed by atoms with van der Waals surface area (Å²) in [7, 11) is 1.71. The van der Waals surface area contributed by atoms with Gasteiger partial charge in [0, 0.05) is 49.2 Å². The van der Waals surface area contributed by atoms with E-state index in [4.69, 9.17) is 16.3 Å². The molecule has 31 heavy (non-hydrogen) atoms. The molecule has 0 spiro atoms. The molecule has 1 aliphatic heterocycles. The maximum absolute atomic E-state index is 6.12. The highest BCUT2D eigenvalue weighted by atomic mass is 35.5. The summed E-state index contributed by atoms with van der Waals surface area (Å²) in [4.78, 5) is 5.04. The molecule has 3 nitrogen and oxygen atoms in total. The van der Waals surface area contributed by atoms with Crippen LogP contribution in [0.2, 0.25) is 5.02 Å². The number of hydrogen-bond donors (Lipinski definition) is 0. The first-order chi connectivity index (χ1) is 15.2. The Morgan fingerprint density at radius 1 is 0.839 bits per heavy atom. The minimum atomic E-state index is 0.332. The van der Waals surface area contributed by atoms with Crippen LogP contribution >= 0.6 is 23.4 Å². The summed E-state index contributed by atoms with van der Waals surface area (Å²) < 4.78 is 5.27. The standard InChI is InChI=1S/C26H29ClN2OS/c1-30-25-13-11-24(12-14-25)29-17-15-28(16-18-29)19-20-31-26(21-5-3-2-4-6-21)22-7-9-23(27)10-8-22/h2-14,26H,15-20H2,1H3. The highest BCUT2D eigenvalue weighted by Crippen LogP contribution is 2.36. The summed E-state index contributed by atoms with van der Waals surface area (Å²) in [5.74, 6) is 2.01. The molecule has 0 bridgehead atoms. The second-order valence-electron chi connectivity index (χ2n) is 7.74. The average Bonchev–Trinajstić information content (AvgIpc) is 2.84. The second kappa shape index (κ2) is 10.9. The van der Waals surface area contributed by atoms with E-state index in [9.17, 15) is 0 Å². The predicted octanol–water partition coefficient (Wildman–Crippen LogP) is 5.99. The van der Waals surface area contributed by atoms with Gasteiger partial charge in [-0.3, -0.25) is 4.90 Å². The Balaban J connectivity index is 1.30. The summed E-state index contributed by atoms with van der Waals surface area (Å²) in [6.45, 7) is 5.44. The predicted molar refractivity (Wildman–Crippen MR) is 134 cm³/mol. The van der Waals surface area contributed by atoms with Crippen LogP contribution in [0.25, 0.3) is 0 Å². The van der Waals surface area contributed by atoms with E-state index in [2.05, 4.69) is 64.4 Å². The molecule has 1 aliphatic rings. The molecule has 0 aliphatic carbocycles. The van der Waals surface area contributed by atoms with Crippen molar-refractivity contribution in [2.24, 2.45) is 0 Å². The molecule has 5 heteroatoms. The van der Waals surface area contributed by atoms with Gasteiger partial charge in [-0.25, -0.2) is 0 Å². The third-order valence-corrected chi connectivity index (χ3v) is 7.32. The Hall–Kier alpha value is -2.14. The lowest BCUT2D eigenvalue weighted by Crippen LogP contribution is -2.47. The van der Waals surface area contributed by atoms with Crippen molar-refractivity contribution < 1.29 is 4.74 Å². The maximum atomic E-state index is 6.12. The van der Waals surface area contributed by atoms with Crippen LogP contribution < -0.4 is 9.64 Å².